The lowest BCUT2D eigenvalue weighted by Gasteiger charge is -2.16. The van der Waals surface area contributed by atoms with E-state index < -0.39 is 11.8 Å². The largest absolute Gasteiger partial charge is 0.350 e. The molecule has 0 aliphatic rings. The summed E-state index contributed by atoms with van der Waals surface area (Å²) in [5.74, 6) is -5.01. The highest BCUT2D eigenvalue weighted by Gasteiger charge is 2.40. The molecule has 1 heterocycles. The predicted octanol–water partition coefficient (Wildman–Crippen LogP) is 4.27. The van der Waals surface area contributed by atoms with Crippen LogP contribution in [0.3, 0.4) is 0 Å². The Kier molecular flexibility index (Phi) is 4.26. The fourth-order valence-electron chi connectivity index (χ4n) is 2.25. The number of alkyl halides is 2. The van der Waals surface area contributed by atoms with Gasteiger partial charge in [-0.15, -0.1) is 0 Å². The number of amides is 1. The lowest BCUT2D eigenvalue weighted by molar-refractivity contribution is -0.140. The summed E-state index contributed by atoms with van der Waals surface area (Å²) in [6.45, 7) is 0. The van der Waals surface area contributed by atoms with Crippen LogP contribution in [0.4, 0.5) is 14.5 Å². The SMILES string of the molecule is O=C(Nc1cccc(-n2cc[nH]c2=S)c1)C(F)(F)c1ccccc1. The molecule has 0 bridgehead atoms. The van der Waals surface area contributed by atoms with E-state index in [4.69, 9.17) is 12.2 Å². The Balaban J connectivity index is 1.85. The average molecular weight is 345 g/mol. The third-order valence-electron chi connectivity index (χ3n) is 3.45. The van der Waals surface area contributed by atoms with Crippen LogP contribution in [-0.4, -0.2) is 15.5 Å². The number of nitrogens with one attached hydrogen (secondary N) is 2. The maximum atomic E-state index is 14.2. The van der Waals surface area contributed by atoms with E-state index in [1.807, 2.05) is 0 Å². The van der Waals surface area contributed by atoms with Crippen molar-refractivity contribution in [1.82, 2.24) is 9.55 Å². The Hall–Kier alpha value is -2.80. The van der Waals surface area contributed by atoms with Gasteiger partial charge in [0.1, 0.15) is 0 Å². The van der Waals surface area contributed by atoms with Crippen molar-refractivity contribution < 1.29 is 13.6 Å². The van der Waals surface area contributed by atoms with Gasteiger partial charge in [0.05, 0.1) is 0 Å². The lowest BCUT2D eigenvalue weighted by Crippen LogP contribution is -2.32. The number of hydrogen-bond donors (Lipinski definition) is 2. The van der Waals surface area contributed by atoms with Gasteiger partial charge in [0.25, 0.3) is 5.91 Å². The van der Waals surface area contributed by atoms with Crippen molar-refractivity contribution in [3.63, 3.8) is 0 Å². The van der Waals surface area contributed by atoms with Crippen molar-refractivity contribution in [2.45, 2.75) is 5.92 Å². The number of carbonyl (C=O) groups is 1. The summed E-state index contributed by atoms with van der Waals surface area (Å²) in [5, 5.41) is 2.26. The number of aromatic amines is 1. The topological polar surface area (TPSA) is 49.8 Å². The highest BCUT2D eigenvalue weighted by atomic mass is 32.1. The standard InChI is InChI=1S/C17H13F2N3OS/c18-17(19,12-5-2-1-3-6-12)15(23)21-13-7-4-8-14(11-13)22-10-9-20-16(22)24/h1-11H,(H,20,24)(H,21,23). The smallest absolute Gasteiger partial charge is 0.337 e. The molecule has 0 unspecified atom stereocenters. The van der Waals surface area contributed by atoms with Gasteiger partial charge in [0.2, 0.25) is 0 Å². The van der Waals surface area contributed by atoms with Gasteiger partial charge in [-0.25, -0.2) is 0 Å². The molecule has 1 amide bonds. The van der Waals surface area contributed by atoms with Gasteiger partial charge in [-0.05, 0) is 30.4 Å². The summed E-state index contributed by atoms with van der Waals surface area (Å²) in [6, 6.07) is 13.5. The Morgan fingerprint density at radius 3 is 2.54 bits per heavy atom. The van der Waals surface area contributed by atoms with Crippen molar-refractivity contribution in [2.24, 2.45) is 0 Å². The summed E-state index contributed by atoms with van der Waals surface area (Å²) >= 11 is 5.12. The number of aromatic nitrogens is 2. The summed E-state index contributed by atoms with van der Waals surface area (Å²) in [4.78, 5) is 14.8. The first-order valence-corrected chi connectivity index (χ1v) is 7.50. The van der Waals surface area contributed by atoms with E-state index in [9.17, 15) is 13.6 Å². The molecule has 0 fully saturated rings. The number of nitrogens with zero attached hydrogens (tertiary/aromatic N) is 1. The molecule has 7 heteroatoms. The van der Waals surface area contributed by atoms with Gasteiger partial charge < -0.3 is 10.3 Å². The minimum absolute atomic E-state index is 0.260. The zero-order chi connectivity index (χ0) is 17.2. The maximum Gasteiger partial charge on any atom is 0.350 e. The number of hydrogen-bond acceptors (Lipinski definition) is 2. The number of halogens is 2. The second kappa shape index (κ2) is 6.37. The third kappa shape index (κ3) is 3.11. The van der Waals surface area contributed by atoms with Crippen molar-refractivity contribution >= 4 is 23.8 Å². The van der Waals surface area contributed by atoms with Crippen molar-refractivity contribution in [1.29, 1.82) is 0 Å². The number of imidazole rings is 1. The van der Waals surface area contributed by atoms with Gasteiger partial charge in [-0.2, -0.15) is 8.78 Å². The van der Waals surface area contributed by atoms with Crippen LogP contribution in [0.1, 0.15) is 5.56 Å². The van der Waals surface area contributed by atoms with E-state index in [0.717, 1.165) is 0 Å². The molecule has 2 aromatic carbocycles. The molecule has 24 heavy (non-hydrogen) atoms. The number of rotatable bonds is 4. The normalized spacial score (nSPS) is 11.2. The zero-order valence-corrected chi connectivity index (χ0v) is 13.2. The van der Waals surface area contributed by atoms with E-state index >= 15 is 0 Å². The Morgan fingerprint density at radius 1 is 1.12 bits per heavy atom. The van der Waals surface area contributed by atoms with E-state index in [0.29, 0.717) is 10.5 Å². The molecule has 0 atom stereocenters. The summed E-state index contributed by atoms with van der Waals surface area (Å²) < 4.78 is 30.6. The fraction of sp³-hybridized carbons (Fsp3) is 0.0588. The van der Waals surface area contributed by atoms with Crippen LogP contribution < -0.4 is 5.32 Å². The Bertz CT molecular complexity index is 919. The first kappa shape index (κ1) is 16.1. The molecular formula is C17H13F2N3OS. The van der Waals surface area contributed by atoms with Gasteiger partial charge in [0.15, 0.2) is 4.77 Å². The molecule has 0 aliphatic carbocycles. The van der Waals surface area contributed by atoms with Gasteiger partial charge in [-0.3, -0.25) is 9.36 Å². The quantitative estimate of drug-likeness (QED) is 0.694. The summed E-state index contributed by atoms with van der Waals surface area (Å²) in [5.41, 5.74) is 0.560. The molecule has 1 aromatic heterocycles. The molecule has 0 saturated carbocycles. The molecule has 0 radical (unpaired) electrons. The predicted molar refractivity (Wildman–Crippen MR) is 89.9 cm³/mol. The molecule has 4 nitrogen and oxygen atoms in total. The maximum absolute atomic E-state index is 14.2. The summed E-state index contributed by atoms with van der Waals surface area (Å²) in [6.07, 6.45) is 3.37. The molecule has 0 saturated heterocycles. The Morgan fingerprint density at radius 2 is 1.88 bits per heavy atom. The monoisotopic (exact) mass is 345 g/mol. The average Bonchev–Trinajstić information content (AvgIpc) is 3.02. The number of benzene rings is 2. The van der Waals surface area contributed by atoms with Crippen LogP contribution in [-0.2, 0) is 10.7 Å². The number of carbonyl (C=O) groups excluding carboxylic acids is 1. The first-order valence-electron chi connectivity index (χ1n) is 7.10. The number of anilines is 1. The van der Waals surface area contributed by atoms with Crippen molar-refractivity contribution in [3.05, 3.63) is 77.3 Å². The van der Waals surface area contributed by atoms with Crippen LogP contribution in [0.25, 0.3) is 5.69 Å². The molecule has 3 rings (SSSR count). The fourth-order valence-corrected chi connectivity index (χ4v) is 2.48. The van der Waals surface area contributed by atoms with Gasteiger partial charge in [0, 0.05) is 29.3 Å². The molecule has 0 aliphatic heterocycles. The van der Waals surface area contributed by atoms with Crippen LogP contribution in [0.5, 0.6) is 0 Å². The molecular weight excluding hydrogens is 332 g/mol. The Labute approximate surface area is 141 Å². The number of H-pyrrole nitrogens is 1. The van der Waals surface area contributed by atoms with Crippen LogP contribution >= 0.6 is 12.2 Å². The van der Waals surface area contributed by atoms with Gasteiger partial charge in [-0.1, -0.05) is 36.4 Å². The second-order valence-electron chi connectivity index (χ2n) is 5.08. The third-order valence-corrected chi connectivity index (χ3v) is 3.77. The molecule has 3 aromatic rings. The van der Waals surface area contributed by atoms with Crippen molar-refractivity contribution in [3.8, 4) is 5.69 Å². The van der Waals surface area contributed by atoms with E-state index in [2.05, 4.69) is 10.3 Å². The highest BCUT2D eigenvalue weighted by Crippen LogP contribution is 2.29. The van der Waals surface area contributed by atoms with Crippen LogP contribution in [0, 0.1) is 4.77 Å². The van der Waals surface area contributed by atoms with Crippen LogP contribution in [0.15, 0.2) is 67.0 Å². The molecule has 0 spiro atoms. The highest BCUT2D eigenvalue weighted by molar-refractivity contribution is 7.71. The first-order chi connectivity index (χ1) is 11.5. The second-order valence-corrected chi connectivity index (χ2v) is 5.47. The summed E-state index contributed by atoms with van der Waals surface area (Å²) in [7, 11) is 0. The molecule has 122 valence electrons. The van der Waals surface area contributed by atoms with Crippen LogP contribution in [0.2, 0.25) is 0 Å². The minimum atomic E-state index is -3.62. The van der Waals surface area contributed by atoms with E-state index in [1.54, 1.807) is 47.3 Å². The lowest BCUT2D eigenvalue weighted by atomic mass is 10.1. The zero-order valence-electron chi connectivity index (χ0n) is 12.4. The van der Waals surface area contributed by atoms with E-state index in [1.165, 1.54) is 24.3 Å². The van der Waals surface area contributed by atoms with Gasteiger partial charge >= 0.3 is 5.92 Å². The van der Waals surface area contributed by atoms with E-state index in [-0.39, 0.29) is 11.3 Å². The van der Waals surface area contributed by atoms with Crippen molar-refractivity contribution in [2.75, 3.05) is 5.32 Å². The molecule has 2 N–H and O–H groups in total. The minimum Gasteiger partial charge on any atom is -0.337 e.